The van der Waals surface area contributed by atoms with Crippen LogP contribution in [-0.4, -0.2) is 21.3 Å². The highest BCUT2D eigenvalue weighted by atomic mass is 15.3. The molecule has 0 radical (unpaired) electrons. The molecule has 1 heterocycles. The third-order valence-electron chi connectivity index (χ3n) is 3.49. The molecule has 0 aliphatic rings. The Bertz CT molecular complexity index is 531. The first-order valence-electron chi connectivity index (χ1n) is 7.25. The Balaban J connectivity index is 2.15. The molecule has 0 fully saturated rings. The van der Waals surface area contributed by atoms with Crippen LogP contribution >= 0.6 is 0 Å². The Morgan fingerprint density at radius 1 is 1.20 bits per heavy atom. The first-order chi connectivity index (χ1) is 9.60. The molecule has 0 aliphatic heterocycles. The minimum atomic E-state index is 0.474. The van der Waals surface area contributed by atoms with Crippen LogP contribution in [0.2, 0.25) is 0 Å². The molecule has 0 spiro atoms. The van der Waals surface area contributed by atoms with Crippen molar-refractivity contribution in [1.29, 1.82) is 0 Å². The summed E-state index contributed by atoms with van der Waals surface area (Å²) in [4.78, 5) is 4.67. The Morgan fingerprint density at radius 2 is 1.90 bits per heavy atom. The predicted molar refractivity (Wildman–Crippen MR) is 82.1 cm³/mol. The number of hydrogen-bond donors (Lipinski definition) is 1. The van der Waals surface area contributed by atoms with E-state index >= 15 is 0 Å². The van der Waals surface area contributed by atoms with Crippen molar-refractivity contribution in [3.63, 3.8) is 0 Å². The number of nitrogens with zero attached hydrogens (tertiary/aromatic N) is 3. The summed E-state index contributed by atoms with van der Waals surface area (Å²) in [6.07, 6.45) is 2.02. The van der Waals surface area contributed by atoms with Crippen LogP contribution in [0, 0.1) is 11.8 Å². The lowest BCUT2D eigenvalue weighted by Crippen LogP contribution is -2.20. The van der Waals surface area contributed by atoms with Gasteiger partial charge < -0.3 is 5.73 Å². The molecular formula is C16H24N4. The van der Waals surface area contributed by atoms with Gasteiger partial charge >= 0.3 is 0 Å². The molecule has 0 bridgehead atoms. The van der Waals surface area contributed by atoms with Crippen LogP contribution in [0.3, 0.4) is 0 Å². The molecule has 2 rings (SSSR count). The van der Waals surface area contributed by atoms with Gasteiger partial charge in [-0.3, -0.25) is 4.68 Å². The summed E-state index contributed by atoms with van der Waals surface area (Å²) in [7, 11) is 1.96. The predicted octanol–water partition coefficient (Wildman–Crippen LogP) is 2.65. The molecule has 1 unspecified atom stereocenters. The zero-order valence-corrected chi connectivity index (χ0v) is 12.6. The molecule has 0 saturated heterocycles. The van der Waals surface area contributed by atoms with Crippen molar-refractivity contribution < 1.29 is 0 Å². The minimum absolute atomic E-state index is 0.474. The van der Waals surface area contributed by atoms with Gasteiger partial charge in [0.2, 0.25) is 0 Å². The number of aryl methyl sites for hydroxylation is 1. The highest BCUT2D eigenvalue weighted by molar-refractivity contribution is 5.53. The van der Waals surface area contributed by atoms with Crippen LogP contribution in [0.4, 0.5) is 0 Å². The van der Waals surface area contributed by atoms with Gasteiger partial charge in [0.15, 0.2) is 5.82 Å². The van der Waals surface area contributed by atoms with E-state index in [0.717, 1.165) is 30.1 Å². The standard InChI is InChI=1S/C16H24N4/c1-12(2)9-13(11-17)10-15-18-16(19-20(15)3)14-7-5-4-6-8-14/h4-8,12-13H,9-11,17H2,1-3H3. The quantitative estimate of drug-likeness (QED) is 0.879. The van der Waals surface area contributed by atoms with Crippen LogP contribution in [0.15, 0.2) is 30.3 Å². The molecule has 0 aliphatic carbocycles. The lowest BCUT2D eigenvalue weighted by molar-refractivity contribution is 0.403. The minimum Gasteiger partial charge on any atom is -0.330 e. The summed E-state index contributed by atoms with van der Waals surface area (Å²) in [5.41, 5.74) is 6.94. The third-order valence-corrected chi connectivity index (χ3v) is 3.49. The monoisotopic (exact) mass is 272 g/mol. The van der Waals surface area contributed by atoms with Crippen LogP contribution in [0.1, 0.15) is 26.1 Å². The zero-order chi connectivity index (χ0) is 14.5. The van der Waals surface area contributed by atoms with Crippen LogP contribution in [0.25, 0.3) is 11.4 Å². The molecule has 1 aromatic heterocycles. The van der Waals surface area contributed by atoms with Crippen LogP contribution < -0.4 is 5.73 Å². The first-order valence-corrected chi connectivity index (χ1v) is 7.25. The third kappa shape index (κ3) is 3.67. The second-order valence-electron chi connectivity index (χ2n) is 5.78. The molecule has 108 valence electrons. The van der Waals surface area contributed by atoms with Gasteiger partial charge in [-0.25, -0.2) is 4.98 Å². The molecule has 1 aromatic carbocycles. The molecule has 2 N–H and O–H groups in total. The van der Waals surface area contributed by atoms with E-state index < -0.39 is 0 Å². The average molecular weight is 272 g/mol. The SMILES string of the molecule is CC(C)CC(CN)Cc1nc(-c2ccccc2)nn1C. The zero-order valence-electron chi connectivity index (χ0n) is 12.6. The number of benzene rings is 1. The van der Waals surface area contributed by atoms with Gasteiger partial charge in [-0.05, 0) is 24.8 Å². The van der Waals surface area contributed by atoms with Crippen molar-refractivity contribution >= 4 is 0 Å². The fourth-order valence-corrected chi connectivity index (χ4v) is 2.49. The Hall–Kier alpha value is -1.68. The van der Waals surface area contributed by atoms with E-state index in [9.17, 15) is 0 Å². The topological polar surface area (TPSA) is 56.7 Å². The van der Waals surface area contributed by atoms with Gasteiger partial charge in [-0.1, -0.05) is 44.2 Å². The summed E-state index contributed by atoms with van der Waals surface area (Å²) in [5.74, 6) is 2.94. The fourth-order valence-electron chi connectivity index (χ4n) is 2.49. The Morgan fingerprint density at radius 3 is 2.50 bits per heavy atom. The highest BCUT2D eigenvalue weighted by Gasteiger charge is 2.15. The van der Waals surface area contributed by atoms with E-state index in [1.807, 2.05) is 42.1 Å². The van der Waals surface area contributed by atoms with Gasteiger partial charge in [-0.2, -0.15) is 5.10 Å². The Kier molecular flexibility index (Phi) is 4.90. The van der Waals surface area contributed by atoms with E-state index in [1.54, 1.807) is 0 Å². The highest BCUT2D eigenvalue weighted by Crippen LogP contribution is 2.18. The van der Waals surface area contributed by atoms with E-state index in [4.69, 9.17) is 5.73 Å². The maximum absolute atomic E-state index is 5.88. The molecule has 0 saturated carbocycles. The fraction of sp³-hybridized carbons (Fsp3) is 0.500. The summed E-state index contributed by atoms with van der Waals surface area (Å²) < 4.78 is 1.88. The average Bonchev–Trinajstić information content (AvgIpc) is 2.80. The number of rotatable bonds is 6. The summed E-state index contributed by atoms with van der Waals surface area (Å²) in [6, 6.07) is 10.1. The normalized spacial score (nSPS) is 12.8. The molecule has 20 heavy (non-hydrogen) atoms. The molecule has 2 aromatic rings. The van der Waals surface area contributed by atoms with E-state index in [-0.39, 0.29) is 0 Å². The second kappa shape index (κ2) is 6.66. The summed E-state index contributed by atoms with van der Waals surface area (Å²) >= 11 is 0. The maximum Gasteiger partial charge on any atom is 0.181 e. The van der Waals surface area contributed by atoms with Crippen molar-refractivity contribution in [3.8, 4) is 11.4 Å². The largest absolute Gasteiger partial charge is 0.330 e. The van der Waals surface area contributed by atoms with Gasteiger partial charge in [0.25, 0.3) is 0 Å². The van der Waals surface area contributed by atoms with Crippen LogP contribution in [0.5, 0.6) is 0 Å². The maximum atomic E-state index is 5.88. The van der Waals surface area contributed by atoms with E-state index in [1.165, 1.54) is 0 Å². The van der Waals surface area contributed by atoms with E-state index in [2.05, 4.69) is 23.9 Å². The first kappa shape index (κ1) is 14.7. The Labute approximate surface area is 121 Å². The molecule has 0 amide bonds. The van der Waals surface area contributed by atoms with Gasteiger partial charge in [0, 0.05) is 19.0 Å². The van der Waals surface area contributed by atoms with Crippen molar-refractivity contribution in [2.45, 2.75) is 26.7 Å². The number of aromatic nitrogens is 3. The summed E-state index contributed by atoms with van der Waals surface area (Å²) in [5, 5.41) is 4.51. The lowest BCUT2D eigenvalue weighted by atomic mass is 9.94. The molecule has 4 heteroatoms. The van der Waals surface area contributed by atoms with Crippen molar-refractivity contribution in [2.75, 3.05) is 6.54 Å². The number of nitrogens with two attached hydrogens (primary N) is 1. The van der Waals surface area contributed by atoms with Crippen molar-refractivity contribution in [1.82, 2.24) is 14.8 Å². The van der Waals surface area contributed by atoms with Crippen molar-refractivity contribution in [2.24, 2.45) is 24.6 Å². The van der Waals surface area contributed by atoms with Crippen LogP contribution in [-0.2, 0) is 13.5 Å². The summed E-state index contributed by atoms with van der Waals surface area (Å²) in [6.45, 7) is 5.16. The van der Waals surface area contributed by atoms with E-state index in [0.29, 0.717) is 18.4 Å². The van der Waals surface area contributed by atoms with Gasteiger partial charge in [-0.15, -0.1) is 0 Å². The molecular weight excluding hydrogens is 248 g/mol. The second-order valence-corrected chi connectivity index (χ2v) is 5.78. The van der Waals surface area contributed by atoms with Gasteiger partial charge in [0.1, 0.15) is 5.82 Å². The molecule has 1 atom stereocenters. The smallest absolute Gasteiger partial charge is 0.181 e. The van der Waals surface area contributed by atoms with Crippen molar-refractivity contribution in [3.05, 3.63) is 36.2 Å². The molecule has 4 nitrogen and oxygen atoms in total. The number of hydrogen-bond acceptors (Lipinski definition) is 3. The van der Waals surface area contributed by atoms with Gasteiger partial charge in [0.05, 0.1) is 0 Å². The lowest BCUT2D eigenvalue weighted by Gasteiger charge is -2.15.